The topological polar surface area (TPSA) is 43.4 Å². The third kappa shape index (κ3) is 4.32. The summed E-state index contributed by atoms with van der Waals surface area (Å²) in [5.74, 6) is -1.09. The van der Waals surface area contributed by atoms with Crippen molar-refractivity contribution < 1.29 is 14.3 Å². The molecule has 0 aromatic heterocycles. The smallest absolute Gasteiger partial charge is 0.316 e. The van der Waals surface area contributed by atoms with Crippen molar-refractivity contribution in [3.05, 3.63) is 35.9 Å². The van der Waals surface area contributed by atoms with Crippen molar-refractivity contribution in [2.24, 2.45) is 5.92 Å². The Balaban J connectivity index is 2.77. The summed E-state index contributed by atoms with van der Waals surface area (Å²) in [6, 6.07) is 9.57. The molecule has 18 heavy (non-hydrogen) atoms. The number of hydrogen-bond donors (Lipinski definition) is 0. The van der Waals surface area contributed by atoms with Gasteiger partial charge in [-0.3, -0.25) is 9.59 Å². The molecule has 1 atom stereocenters. The van der Waals surface area contributed by atoms with Crippen LogP contribution in [0.5, 0.6) is 0 Å². The van der Waals surface area contributed by atoms with E-state index in [1.54, 1.807) is 6.92 Å². The van der Waals surface area contributed by atoms with E-state index in [1.165, 1.54) is 0 Å². The highest BCUT2D eigenvalue weighted by atomic mass is 16.5. The summed E-state index contributed by atoms with van der Waals surface area (Å²) in [6.45, 7) is 3.99. The quantitative estimate of drug-likeness (QED) is 0.550. The second kappa shape index (κ2) is 7.64. The first-order valence-electron chi connectivity index (χ1n) is 6.42. The summed E-state index contributed by atoms with van der Waals surface area (Å²) < 4.78 is 4.98. The van der Waals surface area contributed by atoms with Crippen molar-refractivity contribution in [2.45, 2.75) is 33.1 Å². The first kappa shape index (κ1) is 14.4. The van der Waals surface area contributed by atoms with Gasteiger partial charge in [0.15, 0.2) is 0 Å². The largest absolute Gasteiger partial charge is 0.465 e. The summed E-state index contributed by atoms with van der Waals surface area (Å²) in [5.41, 5.74) is 0.986. The molecule has 0 fully saturated rings. The zero-order valence-corrected chi connectivity index (χ0v) is 11.0. The highest BCUT2D eigenvalue weighted by Gasteiger charge is 2.27. The molecule has 1 unspecified atom stereocenters. The molecule has 1 aromatic carbocycles. The molecule has 1 aromatic rings. The minimum Gasteiger partial charge on any atom is -0.465 e. The van der Waals surface area contributed by atoms with Gasteiger partial charge in [0.2, 0.25) is 0 Å². The molecule has 0 aliphatic rings. The molecular weight excluding hydrogens is 228 g/mol. The third-order valence-electron chi connectivity index (χ3n) is 2.74. The molecule has 0 bridgehead atoms. The van der Waals surface area contributed by atoms with Crippen molar-refractivity contribution in [2.75, 3.05) is 6.61 Å². The number of carbonyl (C=O) groups excluding carboxylic acids is 2. The van der Waals surface area contributed by atoms with Crippen LogP contribution in [-0.2, 0) is 20.7 Å². The van der Waals surface area contributed by atoms with Gasteiger partial charge in [-0.15, -0.1) is 0 Å². The van der Waals surface area contributed by atoms with E-state index in [2.05, 4.69) is 0 Å². The van der Waals surface area contributed by atoms with Gasteiger partial charge < -0.3 is 4.74 Å². The molecule has 0 aliphatic heterocycles. The van der Waals surface area contributed by atoms with Crippen molar-refractivity contribution in [3.63, 3.8) is 0 Å². The predicted octanol–water partition coefficient (Wildman–Crippen LogP) is 2.78. The molecule has 98 valence electrons. The summed E-state index contributed by atoms with van der Waals surface area (Å²) in [7, 11) is 0. The maximum absolute atomic E-state index is 12.0. The van der Waals surface area contributed by atoms with Crippen molar-refractivity contribution in [3.8, 4) is 0 Å². The van der Waals surface area contributed by atoms with Crippen molar-refractivity contribution in [1.82, 2.24) is 0 Å². The number of ketones is 1. The fraction of sp³-hybridized carbons (Fsp3) is 0.467. The number of carbonyl (C=O) groups is 2. The van der Waals surface area contributed by atoms with Crippen LogP contribution in [0.2, 0.25) is 0 Å². The van der Waals surface area contributed by atoms with Crippen LogP contribution in [0, 0.1) is 5.92 Å². The highest BCUT2D eigenvalue weighted by Crippen LogP contribution is 2.14. The maximum atomic E-state index is 12.0. The lowest BCUT2D eigenvalue weighted by Crippen LogP contribution is -2.28. The van der Waals surface area contributed by atoms with Gasteiger partial charge in [0.25, 0.3) is 0 Å². The Hall–Kier alpha value is -1.64. The Morgan fingerprint density at radius 1 is 1.17 bits per heavy atom. The summed E-state index contributed by atoms with van der Waals surface area (Å²) in [5, 5.41) is 0. The van der Waals surface area contributed by atoms with E-state index in [0.29, 0.717) is 19.4 Å². The first-order chi connectivity index (χ1) is 8.69. The molecule has 1 rings (SSSR count). The number of esters is 1. The Labute approximate surface area is 108 Å². The van der Waals surface area contributed by atoms with Gasteiger partial charge in [0, 0.05) is 6.42 Å². The second-order valence-electron chi connectivity index (χ2n) is 4.21. The van der Waals surface area contributed by atoms with E-state index in [9.17, 15) is 9.59 Å². The molecule has 0 aliphatic carbocycles. The molecule has 0 amide bonds. The molecule has 3 nitrogen and oxygen atoms in total. The van der Waals surface area contributed by atoms with Crippen LogP contribution in [-0.4, -0.2) is 18.4 Å². The van der Waals surface area contributed by atoms with E-state index in [4.69, 9.17) is 4.74 Å². The monoisotopic (exact) mass is 248 g/mol. The van der Waals surface area contributed by atoms with Gasteiger partial charge in [-0.1, -0.05) is 37.3 Å². The Morgan fingerprint density at radius 2 is 1.83 bits per heavy atom. The van der Waals surface area contributed by atoms with E-state index >= 15 is 0 Å². The SMILES string of the molecule is CCCC(=O)C(Cc1ccccc1)C(=O)OCC. The zero-order chi connectivity index (χ0) is 13.4. The Bertz CT molecular complexity index is 366. The summed E-state index contributed by atoms with van der Waals surface area (Å²) >= 11 is 0. The van der Waals surface area contributed by atoms with Gasteiger partial charge in [0.1, 0.15) is 11.7 Å². The van der Waals surface area contributed by atoms with Crippen molar-refractivity contribution in [1.29, 1.82) is 0 Å². The predicted molar refractivity (Wildman–Crippen MR) is 70.2 cm³/mol. The summed E-state index contributed by atoms with van der Waals surface area (Å²) in [4.78, 5) is 23.8. The number of hydrogen-bond acceptors (Lipinski definition) is 3. The van der Waals surface area contributed by atoms with Crippen LogP contribution >= 0.6 is 0 Å². The van der Waals surface area contributed by atoms with Crippen LogP contribution in [0.1, 0.15) is 32.3 Å². The normalized spacial score (nSPS) is 11.9. The Morgan fingerprint density at radius 3 is 2.39 bits per heavy atom. The van der Waals surface area contributed by atoms with E-state index in [1.807, 2.05) is 37.3 Å². The highest BCUT2D eigenvalue weighted by molar-refractivity contribution is 5.99. The molecule has 0 heterocycles. The molecule has 0 saturated carbocycles. The standard InChI is InChI=1S/C15H20O3/c1-3-8-14(16)13(15(17)18-4-2)11-12-9-6-5-7-10-12/h5-7,9-10,13H,3-4,8,11H2,1-2H3. The molecular formula is C15H20O3. The van der Waals surface area contributed by atoms with Gasteiger partial charge in [-0.25, -0.2) is 0 Å². The Kier molecular flexibility index (Phi) is 6.12. The molecule has 0 saturated heterocycles. The molecule has 3 heteroatoms. The number of rotatable bonds is 7. The molecule has 0 spiro atoms. The fourth-order valence-corrected chi connectivity index (χ4v) is 1.84. The number of benzene rings is 1. The average molecular weight is 248 g/mol. The lowest BCUT2D eigenvalue weighted by Gasteiger charge is -2.14. The zero-order valence-electron chi connectivity index (χ0n) is 11.0. The minimum absolute atomic E-state index is 0.0280. The lowest BCUT2D eigenvalue weighted by atomic mass is 9.93. The number of Topliss-reactive ketones (excluding diaryl/α,β-unsaturated/α-hetero) is 1. The van der Waals surface area contributed by atoms with Gasteiger partial charge in [-0.05, 0) is 25.3 Å². The minimum atomic E-state index is -0.660. The van der Waals surface area contributed by atoms with E-state index in [-0.39, 0.29) is 5.78 Å². The van der Waals surface area contributed by atoms with Crippen LogP contribution in [0.3, 0.4) is 0 Å². The van der Waals surface area contributed by atoms with Crippen molar-refractivity contribution >= 4 is 11.8 Å². The fourth-order valence-electron chi connectivity index (χ4n) is 1.84. The first-order valence-corrected chi connectivity index (χ1v) is 6.42. The second-order valence-corrected chi connectivity index (χ2v) is 4.21. The van der Waals surface area contributed by atoms with Crippen LogP contribution < -0.4 is 0 Å². The molecule has 0 N–H and O–H groups in total. The molecule has 0 radical (unpaired) electrons. The summed E-state index contributed by atoms with van der Waals surface area (Å²) in [6.07, 6.45) is 1.61. The van der Waals surface area contributed by atoms with E-state index < -0.39 is 11.9 Å². The average Bonchev–Trinajstić information content (AvgIpc) is 2.37. The maximum Gasteiger partial charge on any atom is 0.316 e. The van der Waals surface area contributed by atoms with Crippen LogP contribution in [0.15, 0.2) is 30.3 Å². The van der Waals surface area contributed by atoms with Gasteiger partial charge in [0.05, 0.1) is 6.61 Å². The third-order valence-corrected chi connectivity index (χ3v) is 2.74. The van der Waals surface area contributed by atoms with Crippen LogP contribution in [0.25, 0.3) is 0 Å². The number of ether oxygens (including phenoxy) is 1. The van der Waals surface area contributed by atoms with E-state index in [0.717, 1.165) is 12.0 Å². The lowest BCUT2D eigenvalue weighted by molar-refractivity contribution is -0.151. The van der Waals surface area contributed by atoms with Gasteiger partial charge >= 0.3 is 5.97 Å². The van der Waals surface area contributed by atoms with Crippen LogP contribution in [0.4, 0.5) is 0 Å². The van der Waals surface area contributed by atoms with Gasteiger partial charge in [-0.2, -0.15) is 0 Å².